The number of hydrogen-bond donors (Lipinski definition) is 1. The molecule has 0 spiro atoms. The molecule has 5 atom stereocenters. The zero-order valence-corrected chi connectivity index (χ0v) is 27.3. The summed E-state index contributed by atoms with van der Waals surface area (Å²) in [6.07, 6.45) is -4.62. The summed E-state index contributed by atoms with van der Waals surface area (Å²) in [5.41, 5.74) is 3.00. The first kappa shape index (κ1) is 34.3. The third-order valence-electron chi connectivity index (χ3n) is 7.82. The van der Waals surface area contributed by atoms with Crippen LogP contribution in [-0.4, -0.2) is 58.9 Å². The van der Waals surface area contributed by atoms with Crippen molar-refractivity contribution in [1.82, 2.24) is 4.90 Å². The van der Waals surface area contributed by atoms with E-state index in [0.717, 1.165) is 22.3 Å². The first-order chi connectivity index (χ1) is 22.8. The van der Waals surface area contributed by atoms with Gasteiger partial charge in [0.2, 0.25) is 0 Å². The number of hydrogen-bond acceptors (Lipinski definition) is 7. The molecule has 1 aliphatic heterocycles. The quantitative estimate of drug-likeness (QED) is 0.170. The molecule has 8 heteroatoms. The Morgan fingerprint density at radius 3 is 1.40 bits per heavy atom. The molecule has 5 rings (SSSR count). The first-order valence-electron chi connectivity index (χ1n) is 16.1. The van der Waals surface area contributed by atoms with Gasteiger partial charge in [0, 0.05) is 0 Å². The molecular formula is C39H45NO7. The number of aliphatic hydroxyl groups is 1. The van der Waals surface area contributed by atoms with Crippen LogP contribution in [0.3, 0.4) is 0 Å². The molecule has 0 aliphatic carbocycles. The number of rotatable bonds is 13. The Morgan fingerprint density at radius 1 is 0.596 bits per heavy atom. The van der Waals surface area contributed by atoms with E-state index in [1.807, 2.05) is 121 Å². The molecule has 1 amide bonds. The van der Waals surface area contributed by atoms with Gasteiger partial charge in [0.05, 0.1) is 39.1 Å². The van der Waals surface area contributed by atoms with Crippen molar-refractivity contribution >= 4 is 6.09 Å². The van der Waals surface area contributed by atoms with Gasteiger partial charge in [0.25, 0.3) is 0 Å². The molecule has 1 saturated heterocycles. The number of nitrogens with zero attached hydrogens (tertiary/aromatic N) is 1. The smallest absolute Gasteiger partial charge is 0.412 e. The third kappa shape index (κ3) is 9.97. The Hall–Kier alpha value is -4.05. The molecule has 248 valence electrons. The summed E-state index contributed by atoms with van der Waals surface area (Å²) in [7, 11) is 0. The number of amides is 1. The Kier molecular flexibility index (Phi) is 12.2. The second-order valence-corrected chi connectivity index (χ2v) is 12.7. The van der Waals surface area contributed by atoms with E-state index in [-0.39, 0.29) is 26.4 Å². The molecule has 0 saturated carbocycles. The topological polar surface area (TPSA) is 86.7 Å². The van der Waals surface area contributed by atoms with Gasteiger partial charge in [-0.3, -0.25) is 4.90 Å². The van der Waals surface area contributed by atoms with E-state index in [0.29, 0.717) is 6.61 Å². The number of carbonyl (C=O) groups is 1. The highest BCUT2D eigenvalue weighted by atomic mass is 16.6. The standard InChI is InChI=1S/C39H45NO7/c1-39(2,3)47-38(42)40-33(28-43-24-29-16-8-4-9-17-29)34(44-25-30-18-10-5-11-19-30)35(45-26-31-20-12-6-13-21-31)36(37(40)41)46-27-32-22-14-7-15-23-32/h4-23,33-37,41H,24-28H2,1-3H3/t33-,34-,35+,36-,37?/m1/s1. The van der Waals surface area contributed by atoms with Crippen LogP contribution in [-0.2, 0) is 50.1 Å². The number of carbonyl (C=O) groups excluding carboxylic acids is 1. The van der Waals surface area contributed by atoms with Crippen molar-refractivity contribution in [3.8, 4) is 0 Å². The van der Waals surface area contributed by atoms with Crippen molar-refractivity contribution in [1.29, 1.82) is 0 Å². The molecule has 1 fully saturated rings. The van der Waals surface area contributed by atoms with Gasteiger partial charge in [-0.15, -0.1) is 0 Å². The van der Waals surface area contributed by atoms with Gasteiger partial charge >= 0.3 is 6.09 Å². The van der Waals surface area contributed by atoms with Crippen LogP contribution >= 0.6 is 0 Å². The van der Waals surface area contributed by atoms with Crippen molar-refractivity contribution in [2.75, 3.05) is 6.61 Å². The van der Waals surface area contributed by atoms with E-state index in [9.17, 15) is 9.90 Å². The minimum Gasteiger partial charge on any atom is -0.444 e. The lowest BCUT2D eigenvalue weighted by molar-refractivity contribution is -0.258. The van der Waals surface area contributed by atoms with Crippen LogP contribution in [0.25, 0.3) is 0 Å². The second-order valence-electron chi connectivity index (χ2n) is 12.7. The van der Waals surface area contributed by atoms with E-state index in [4.69, 9.17) is 23.7 Å². The van der Waals surface area contributed by atoms with Gasteiger partial charge in [-0.2, -0.15) is 0 Å². The zero-order chi connectivity index (χ0) is 33.1. The molecule has 1 N–H and O–H groups in total. The van der Waals surface area contributed by atoms with Crippen LogP contribution in [0.2, 0.25) is 0 Å². The maximum atomic E-state index is 13.9. The summed E-state index contributed by atoms with van der Waals surface area (Å²) in [5, 5.41) is 12.0. The Labute approximate surface area is 277 Å². The summed E-state index contributed by atoms with van der Waals surface area (Å²) in [6.45, 7) is 6.43. The van der Waals surface area contributed by atoms with Crippen molar-refractivity contribution in [3.63, 3.8) is 0 Å². The van der Waals surface area contributed by atoms with Crippen LogP contribution in [0.4, 0.5) is 4.79 Å². The predicted octanol–water partition coefficient (Wildman–Crippen LogP) is 6.90. The van der Waals surface area contributed by atoms with E-state index < -0.39 is 42.3 Å². The number of ether oxygens (including phenoxy) is 5. The highest BCUT2D eigenvalue weighted by Gasteiger charge is 2.54. The highest BCUT2D eigenvalue weighted by molar-refractivity contribution is 5.69. The minimum absolute atomic E-state index is 0.0568. The maximum absolute atomic E-state index is 13.9. The van der Waals surface area contributed by atoms with E-state index in [2.05, 4.69) is 0 Å². The second kappa shape index (κ2) is 16.7. The largest absolute Gasteiger partial charge is 0.444 e. The molecule has 8 nitrogen and oxygen atoms in total. The van der Waals surface area contributed by atoms with Crippen molar-refractivity contribution in [2.45, 2.75) is 83.4 Å². The number of piperidine rings is 1. The molecule has 0 radical (unpaired) electrons. The fraction of sp³-hybridized carbons (Fsp3) is 0.359. The van der Waals surface area contributed by atoms with Gasteiger partial charge in [-0.1, -0.05) is 121 Å². The molecular weight excluding hydrogens is 594 g/mol. The van der Waals surface area contributed by atoms with Crippen LogP contribution < -0.4 is 0 Å². The third-order valence-corrected chi connectivity index (χ3v) is 7.82. The minimum atomic E-state index is -1.42. The molecule has 1 heterocycles. The van der Waals surface area contributed by atoms with Crippen LogP contribution in [0.15, 0.2) is 121 Å². The Morgan fingerprint density at radius 2 is 0.979 bits per heavy atom. The van der Waals surface area contributed by atoms with Gasteiger partial charge in [0.1, 0.15) is 23.9 Å². The summed E-state index contributed by atoms with van der Waals surface area (Å²) >= 11 is 0. The van der Waals surface area contributed by atoms with Crippen molar-refractivity contribution in [2.24, 2.45) is 0 Å². The molecule has 0 bridgehead atoms. The highest BCUT2D eigenvalue weighted by Crippen LogP contribution is 2.33. The van der Waals surface area contributed by atoms with E-state index >= 15 is 0 Å². The lowest BCUT2D eigenvalue weighted by Crippen LogP contribution is -2.70. The van der Waals surface area contributed by atoms with E-state index in [1.54, 1.807) is 20.8 Å². The monoisotopic (exact) mass is 639 g/mol. The average Bonchev–Trinajstić information content (AvgIpc) is 3.07. The Bertz CT molecular complexity index is 1480. The SMILES string of the molecule is CC(C)(C)OC(=O)N1C(O)[C@H](OCc2ccccc2)[C@@H](OCc2ccccc2)[C@H](OCc2ccccc2)[C@H]1COCc1ccccc1. The van der Waals surface area contributed by atoms with Gasteiger partial charge in [-0.05, 0) is 43.0 Å². The van der Waals surface area contributed by atoms with Crippen molar-refractivity contribution < 1.29 is 33.6 Å². The fourth-order valence-electron chi connectivity index (χ4n) is 5.57. The first-order valence-corrected chi connectivity index (χ1v) is 16.1. The van der Waals surface area contributed by atoms with Crippen LogP contribution in [0.1, 0.15) is 43.0 Å². The van der Waals surface area contributed by atoms with Gasteiger partial charge < -0.3 is 28.8 Å². The predicted molar refractivity (Wildman–Crippen MR) is 179 cm³/mol. The fourth-order valence-corrected chi connectivity index (χ4v) is 5.57. The molecule has 47 heavy (non-hydrogen) atoms. The molecule has 1 unspecified atom stereocenters. The summed E-state index contributed by atoms with van der Waals surface area (Å²) in [5.74, 6) is 0. The number of benzene rings is 4. The zero-order valence-electron chi connectivity index (χ0n) is 27.3. The van der Waals surface area contributed by atoms with Gasteiger partial charge in [-0.25, -0.2) is 4.79 Å². The average molecular weight is 640 g/mol. The van der Waals surface area contributed by atoms with Crippen LogP contribution in [0.5, 0.6) is 0 Å². The lowest BCUT2D eigenvalue weighted by atomic mass is 9.92. The normalized spacial score (nSPS) is 21.4. The van der Waals surface area contributed by atoms with Crippen LogP contribution in [0, 0.1) is 0 Å². The summed E-state index contributed by atoms with van der Waals surface area (Å²) in [6, 6.07) is 38.3. The lowest BCUT2D eigenvalue weighted by Gasteiger charge is -2.50. The molecule has 1 aliphatic rings. The maximum Gasteiger partial charge on any atom is 0.412 e. The number of aliphatic hydroxyl groups excluding tert-OH is 1. The molecule has 4 aromatic rings. The van der Waals surface area contributed by atoms with Gasteiger partial charge in [0.15, 0.2) is 6.23 Å². The summed E-state index contributed by atoms with van der Waals surface area (Å²) in [4.78, 5) is 15.2. The molecule has 4 aromatic carbocycles. The van der Waals surface area contributed by atoms with E-state index in [1.165, 1.54) is 4.90 Å². The molecule has 0 aromatic heterocycles. The number of likely N-dealkylation sites (tertiary alicyclic amines) is 1. The summed E-state index contributed by atoms with van der Waals surface area (Å²) < 4.78 is 31.8. The Balaban J connectivity index is 1.51. The van der Waals surface area contributed by atoms with Crippen molar-refractivity contribution in [3.05, 3.63) is 144 Å².